The van der Waals surface area contributed by atoms with Crippen LogP contribution in [0.4, 0.5) is 5.69 Å². The molecule has 18 heavy (non-hydrogen) atoms. The second kappa shape index (κ2) is 5.01. The van der Waals surface area contributed by atoms with Crippen LogP contribution in [-0.2, 0) is 4.79 Å². The standard InChI is InChI=1S/C15H23NO2/c1-14(2,3)13(17)16-11-7-9-12(10-8-11)18-15(4,5)6/h7-10H,1-6H3,(H,16,17). The second-order valence-electron chi connectivity index (χ2n) is 6.44. The summed E-state index contributed by atoms with van der Waals surface area (Å²) in [6.45, 7) is 11.7. The summed E-state index contributed by atoms with van der Waals surface area (Å²) in [6, 6.07) is 7.43. The summed E-state index contributed by atoms with van der Waals surface area (Å²) in [7, 11) is 0. The Morgan fingerprint density at radius 1 is 1.00 bits per heavy atom. The Labute approximate surface area is 110 Å². The molecule has 0 bridgehead atoms. The van der Waals surface area contributed by atoms with Crippen LogP contribution in [0, 0.1) is 5.41 Å². The molecule has 0 aromatic heterocycles. The number of benzene rings is 1. The molecule has 0 spiro atoms. The first-order valence-electron chi connectivity index (χ1n) is 6.18. The van der Waals surface area contributed by atoms with Gasteiger partial charge in [-0.15, -0.1) is 0 Å². The summed E-state index contributed by atoms with van der Waals surface area (Å²) in [6.07, 6.45) is 0. The molecular weight excluding hydrogens is 226 g/mol. The number of ether oxygens (including phenoxy) is 1. The van der Waals surface area contributed by atoms with Crippen molar-refractivity contribution in [2.75, 3.05) is 5.32 Å². The van der Waals surface area contributed by atoms with Crippen molar-refractivity contribution in [3.8, 4) is 5.75 Å². The van der Waals surface area contributed by atoms with E-state index in [9.17, 15) is 4.79 Å². The van der Waals surface area contributed by atoms with E-state index in [1.54, 1.807) is 0 Å². The van der Waals surface area contributed by atoms with E-state index in [2.05, 4.69) is 5.32 Å². The molecule has 0 unspecified atom stereocenters. The maximum Gasteiger partial charge on any atom is 0.229 e. The summed E-state index contributed by atoms with van der Waals surface area (Å²) in [5.41, 5.74) is 0.188. The van der Waals surface area contributed by atoms with E-state index in [1.807, 2.05) is 65.8 Å². The second-order valence-corrected chi connectivity index (χ2v) is 6.44. The monoisotopic (exact) mass is 249 g/mol. The van der Waals surface area contributed by atoms with Crippen molar-refractivity contribution >= 4 is 11.6 Å². The summed E-state index contributed by atoms with van der Waals surface area (Å²) in [4.78, 5) is 11.8. The lowest BCUT2D eigenvalue weighted by molar-refractivity contribution is -0.123. The van der Waals surface area contributed by atoms with Crippen LogP contribution in [0.3, 0.4) is 0 Å². The highest BCUT2D eigenvalue weighted by Crippen LogP contribution is 2.22. The lowest BCUT2D eigenvalue weighted by Gasteiger charge is -2.21. The van der Waals surface area contributed by atoms with Gasteiger partial charge in [-0.25, -0.2) is 0 Å². The molecule has 0 atom stereocenters. The van der Waals surface area contributed by atoms with Gasteiger partial charge in [0.2, 0.25) is 5.91 Å². The number of rotatable bonds is 2. The van der Waals surface area contributed by atoms with Crippen molar-refractivity contribution in [3.63, 3.8) is 0 Å². The Morgan fingerprint density at radius 2 is 1.50 bits per heavy atom. The molecule has 1 aromatic rings. The maximum absolute atomic E-state index is 11.8. The Bertz CT molecular complexity index is 408. The molecule has 1 rings (SSSR count). The molecule has 0 aliphatic carbocycles. The normalized spacial score (nSPS) is 12.1. The van der Waals surface area contributed by atoms with Gasteiger partial charge in [0.15, 0.2) is 0 Å². The molecule has 100 valence electrons. The van der Waals surface area contributed by atoms with Gasteiger partial charge in [0.25, 0.3) is 0 Å². The number of hydrogen-bond acceptors (Lipinski definition) is 2. The van der Waals surface area contributed by atoms with E-state index in [1.165, 1.54) is 0 Å². The fraction of sp³-hybridized carbons (Fsp3) is 0.533. The first-order chi connectivity index (χ1) is 8.08. The van der Waals surface area contributed by atoms with Crippen LogP contribution in [-0.4, -0.2) is 11.5 Å². The highest BCUT2D eigenvalue weighted by atomic mass is 16.5. The summed E-state index contributed by atoms with van der Waals surface area (Å²) >= 11 is 0. The number of carbonyl (C=O) groups excluding carboxylic acids is 1. The third-order valence-corrected chi connectivity index (χ3v) is 2.22. The van der Waals surface area contributed by atoms with Crippen LogP contribution < -0.4 is 10.1 Å². The Balaban J connectivity index is 2.70. The minimum Gasteiger partial charge on any atom is -0.488 e. The average Bonchev–Trinajstić information content (AvgIpc) is 2.17. The smallest absolute Gasteiger partial charge is 0.229 e. The lowest BCUT2D eigenvalue weighted by Crippen LogP contribution is -2.27. The van der Waals surface area contributed by atoms with Gasteiger partial charge in [0.05, 0.1) is 0 Å². The molecule has 1 N–H and O–H groups in total. The number of anilines is 1. The van der Waals surface area contributed by atoms with Crippen LogP contribution in [0.1, 0.15) is 41.5 Å². The van der Waals surface area contributed by atoms with Crippen molar-refractivity contribution < 1.29 is 9.53 Å². The van der Waals surface area contributed by atoms with E-state index < -0.39 is 0 Å². The van der Waals surface area contributed by atoms with Gasteiger partial charge >= 0.3 is 0 Å². The Kier molecular flexibility index (Phi) is 4.05. The summed E-state index contributed by atoms with van der Waals surface area (Å²) < 4.78 is 5.72. The zero-order valence-electron chi connectivity index (χ0n) is 12.1. The summed E-state index contributed by atoms with van der Waals surface area (Å²) in [5, 5.41) is 2.88. The number of nitrogens with one attached hydrogen (secondary N) is 1. The van der Waals surface area contributed by atoms with Crippen LogP contribution in [0.15, 0.2) is 24.3 Å². The van der Waals surface area contributed by atoms with Crippen molar-refractivity contribution in [2.45, 2.75) is 47.1 Å². The first kappa shape index (κ1) is 14.6. The average molecular weight is 249 g/mol. The van der Waals surface area contributed by atoms with E-state index >= 15 is 0 Å². The molecule has 0 saturated carbocycles. The molecule has 0 aliphatic heterocycles. The third-order valence-electron chi connectivity index (χ3n) is 2.22. The Morgan fingerprint density at radius 3 is 1.89 bits per heavy atom. The number of hydrogen-bond donors (Lipinski definition) is 1. The summed E-state index contributed by atoms with van der Waals surface area (Å²) in [5.74, 6) is 0.809. The molecular formula is C15H23NO2. The maximum atomic E-state index is 11.8. The largest absolute Gasteiger partial charge is 0.488 e. The highest BCUT2D eigenvalue weighted by molar-refractivity contribution is 5.94. The van der Waals surface area contributed by atoms with Gasteiger partial charge in [-0.1, -0.05) is 20.8 Å². The molecule has 0 aliphatic rings. The van der Waals surface area contributed by atoms with Gasteiger partial charge in [0, 0.05) is 11.1 Å². The van der Waals surface area contributed by atoms with Crippen molar-refractivity contribution in [1.82, 2.24) is 0 Å². The van der Waals surface area contributed by atoms with Gasteiger partial charge in [0.1, 0.15) is 11.4 Å². The van der Waals surface area contributed by atoms with Gasteiger partial charge < -0.3 is 10.1 Å². The van der Waals surface area contributed by atoms with Crippen molar-refractivity contribution in [2.24, 2.45) is 5.41 Å². The molecule has 0 heterocycles. The quantitative estimate of drug-likeness (QED) is 0.864. The highest BCUT2D eigenvalue weighted by Gasteiger charge is 2.21. The number of amides is 1. The van der Waals surface area contributed by atoms with Crippen molar-refractivity contribution in [1.29, 1.82) is 0 Å². The van der Waals surface area contributed by atoms with Crippen LogP contribution in [0.2, 0.25) is 0 Å². The van der Waals surface area contributed by atoms with E-state index in [0.717, 1.165) is 11.4 Å². The lowest BCUT2D eigenvalue weighted by atomic mass is 9.95. The topological polar surface area (TPSA) is 38.3 Å². The predicted molar refractivity (Wildman–Crippen MR) is 74.9 cm³/mol. The fourth-order valence-corrected chi connectivity index (χ4v) is 1.28. The van der Waals surface area contributed by atoms with Crippen molar-refractivity contribution in [3.05, 3.63) is 24.3 Å². The van der Waals surface area contributed by atoms with Gasteiger partial charge in [-0.2, -0.15) is 0 Å². The van der Waals surface area contributed by atoms with Crippen LogP contribution in [0.5, 0.6) is 5.75 Å². The molecule has 1 amide bonds. The molecule has 0 fully saturated rings. The number of carbonyl (C=O) groups is 1. The minimum atomic E-state index is -0.388. The molecule has 0 saturated heterocycles. The van der Waals surface area contributed by atoms with Gasteiger partial charge in [-0.3, -0.25) is 4.79 Å². The SMILES string of the molecule is CC(C)(C)Oc1ccc(NC(=O)C(C)(C)C)cc1. The van der Waals surface area contributed by atoms with E-state index in [4.69, 9.17) is 4.74 Å². The molecule has 0 radical (unpaired) electrons. The zero-order chi connectivity index (χ0) is 14.0. The molecule has 3 nitrogen and oxygen atoms in total. The minimum absolute atomic E-state index is 0.00647. The van der Waals surface area contributed by atoms with E-state index in [-0.39, 0.29) is 16.9 Å². The first-order valence-corrected chi connectivity index (χ1v) is 6.18. The zero-order valence-corrected chi connectivity index (χ0v) is 12.1. The predicted octanol–water partition coefficient (Wildman–Crippen LogP) is 3.85. The molecule has 1 aromatic carbocycles. The van der Waals surface area contributed by atoms with Gasteiger partial charge in [-0.05, 0) is 45.0 Å². The Hall–Kier alpha value is -1.51. The van der Waals surface area contributed by atoms with Crippen LogP contribution in [0.25, 0.3) is 0 Å². The molecule has 3 heteroatoms. The fourth-order valence-electron chi connectivity index (χ4n) is 1.28. The third kappa shape index (κ3) is 4.78. The van der Waals surface area contributed by atoms with Crippen LogP contribution >= 0.6 is 0 Å². The van der Waals surface area contributed by atoms with E-state index in [0.29, 0.717) is 0 Å².